The molecule has 2 saturated heterocycles. The van der Waals surface area contributed by atoms with Crippen molar-refractivity contribution in [2.75, 3.05) is 13.1 Å². The molecule has 2 unspecified atom stereocenters. The van der Waals surface area contributed by atoms with Crippen molar-refractivity contribution in [1.29, 1.82) is 0 Å². The summed E-state index contributed by atoms with van der Waals surface area (Å²) in [6.07, 6.45) is 2.04. The molecule has 2 heterocycles. The zero-order valence-corrected chi connectivity index (χ0v) is 14.4. The molecule has 0 bridgehead atoms. The number of piperidine rings is 1. The van der Waals surface area contributed by atoms with Crippen LogP contribution in [0, 0.1) is 5.92 Å². The summed E-state index contributed by atoms with van der Waals surface area (Å²) < 4.78 is 0. The molecule has 8 nitrogen and oxygen atoms in total. The van der Waals surface area contributed by atoms with E-state index in [-0.39, 0.29) is 30.9 Å². The number of carbonyl (C=O) groups is 4. The predicted octanol–water partition coefficient (Wildman–Crippen LogP) is 0.809. The Morgan fingerprint density at radius 3 is 2.38 bits per heavy atom. The van der Waals surface area contributed by atoms with E-state index in [1.165, 1.54) is 4.90 Å². The Balaban J connectivity index is 2.10. The third-order valence-corrected chi connectivity index (χ3v) is 5.30. The van der Waals surface area contributed by atoms with Gasteiger partial charge in [-0.15, -0.1) is 0 Å². The number of carboxylic acid groups (broad SMARTS) is 1. The number of amides is 4. The van der Waals surface area contributed by atoms with E-state index in [1.807, 2.05) is 20.8 Å². The topological polar surface area (TPSA) is 107 Å². The fraction of sp³-hybridized carbons (Fsp3) is 0.750. The molecule has 2 N–H and O–H groups in total. The van der Waals surface area contributed by atoms with Crippen molar-refractivity contribution in [2.24, 2.45) is 5.92 Å². The Kier molecular flexibility index (Phi) is 5.15. The van der Waals surface area contributed by atoms with E-state index in [2.05, 4.69) is 5.32 Å². The zero-order chi connectivity index (χ0) is 18.1. The van der Waals surface area contributed by atoms with Crippen LogP contribution in [0.5, 0.6) is 0 Å². The Morgan fingerprint density at radius 2 is 1.88 bits per heavy atom. The maximum Gasteiger partial charge on any atom is 0.325 e. The van der Waals surface area contributed by atoms with Crippen LogP contribution in [-0.2, 0) is 14.4 Å². The largest absolute Gasteiger partial charge is 0.481 e. The summed E-state index contributed by atoms with van der Waals surface area (Å²) in [5.74, 6) is -2.30. The molecule has 0 saturated carbocycles. The van der Waals surface area contributed by atoms with Crippen LogP contribution in [0.3, 0.4) is 0 Å². The van der Waals surface area contributed by atoms with Crippen LogP contribution < -0.4 is 5.32 Å². The van der Waals surface area contributed by atoms with Gasteiger partial charge in [0.05, 0.1) is 5.92 Å². The number of hydrogen-bond acceptors (Lipinski definition) is 4. The molecule has 2 aliphatic rings. The van der Waals surface area contributed by atoms with Gasteiger partial charge < -0.3 is 15.3 Å². The molecule has 2 fully saturated rings. The van der Waals surface area contributed by atoms with Crippen molar-refractivity contribution in [2.45, 2.75) is 58.0 Å². The molecule has 24 heavy (non-hydrogen) atoms. The lowest BCUT2D eigenvalue weighted by Gasteiger charge is -2.37. The van der Waals surface area contributed by atoms with Crippen LogP contribution in [-0.4, -0.2) is 63.4 Å². The standard InChI is InChI=1S/C16H25N3O5/c1-4-16(5-2)14(23)19(15(24)17-16)9-12(20)18-8-11(13(21)22)7-6-10(18)3/h10-11H,4-9H2,1-3H3,(H,17,24)(H,21,22). The van der Waals surface area contributed by atoms with Gasteiger partial charge in [0.15, 0.2) is 0 Å². The van der Waals surface area contributed by atoms with E-state index in [1.54, 1.807) is 0 Å². The van der Waals surface area contributed by atoms with Gasteiger partial charge in [0.2, 0.25) is 5.91 Å². The lowest BCUT2D eigenvalue weighted by Crippen LogP contribution is -2.52. The van der Waals surface area contributed by atoms with Crippen molar-refractivity contribution in [3.8, 4) is 0 Å². The lowest BCUT2D eigenvalue weighted by atomic mass is 9.92. The molecule has 0 aromatic heterocycles. The van der Waals surface area contributed by atoms with Gasteiger partial charge in [0.25, 0.3) is 5.91 Å². The van der Waals surface area contributed by atoms with Gasteiger partial charge in [-0.1, -0.05) is 13.8 Å². The predicted molar refractivity (Wildman–Crippen MR) is 85.1 cm³/mol. The summed E-state index contributed by atoms with van der Waals surface area (Å²) in [4.78, 5) is 50.8. The first kappa shape index (κ1) is 18.2. The second-order valence-corrected chi connectivity index (χ2v) is 6.62. The van der Waals surface area contributed by atoms with Crippen LogP contribution >= 0.6 is 0 Å². The quantitative estimate of drug-likeness (QED) is 0.721. The molecule has 2 atom stereocenters. The number of likely N-dealkylation sites (tertiary alicyclic amines) is 1. The number of urea groups is 1. The molecule has 134 valence electrons. The first-order chi connectivity index (χ1) is 11.3. The fourth-order valence-electron chi connectivity index (χ4n) is 3.43. The molecule has 8 heteroatoms. The van der Waals surface area contributed by atoms with E-state index in [0.717, 1.165) is 4.90 Å². The third-order valence-electron chi connectivity index (χ3n) is 5.30. The minimum atomic E-state index is -0.936. The number of nitrogens with one attached hydrogen (secondary N) is 1. The number of rotatable bonds is 5. The van der Waals surface area contributed by atoms with Crippen LogP contribution in [0.25, 0.3) is 0 Å². The van der Waals surface area contributed by atoms with Gasteiger partial charge in [-0.3, -0.25) is 19.3 Å². The van der Waals surface area contributed by atoms with Crippen LogP contribution in [0.4, 0.5) is 4.79 Å². The molecular formula is C16H25N3O5. The molecule has 0 aliphatic carbocycles. The van der Waals surface area contributed by atoms with Crippen molar-refractivity contribution >= 4 is 23.8 Å². The smallest absolute Gasteiger partial charge is 0.325 e. The molecule has 4 amide bonds. The van der Waals surface area contributed by atoms with E-state index in [4.69, 9.17) is 5.11 Å². The van der Waals surface area contributed by atoms with Crippen LogP contribution in [0.1, 0.15) is 46.5 Å². The second kappa shape index (κ2) is 6.78. The number of carbonyl (C=O) groups excluding carboxylic acids is 3. The molecule has 2 rings (SSSR count). The zero-order valence-electron chi connectivity index (χ0n) is 14.4. The molecule has 0 aromatic carbocycles. The normalized spacial score (nSPS) is 26.5. The molecule has 0 radical (unpaired) electrons. The summed E-state index contributed by atoms with van der Waals surface area (Å²) in [6, 6.07) is -0.660. The van der Waals surface area contributed by atoms with Crippen molar-refractivity contribution in [1.82, 2.24) is 15.1 Å². The van der Waals surface area contributed by atoms with Gasteiger partial charge in [-0.2, -0.15) is 0 Å². The second-order valence-electron chi connectivity index (χ2n) is 6.62. The van der Waals surface area contributed by atoms with Gasteiger partial charge in [-0.05, 0) is 32.6 Å². The molecule has 0 aromatic rings. The minimum absolute atomic E-state index is 0.101. The average Bonchev–Trinajstić information content (AvgIpc) is 2.79. The molecular weight excluding hydrogens is 314 g/mol. The summed E-state index contributed by atoms with van der Waals surface area (Å²) in [5.41, 5.74) is -0.936. The number of nitrogens with zero attached hydrogens (tertiary/aromatic N) is 2. The van der Waals surface area contributed by atoms with Gasteiger partial charge in [0.1, 0.15) is 12.1 Å². The summed E-state index contributed by atoms with van der Waals surface area (Å²) in [5, 5.41) is 11.8. The summed E-state index contributed by atoms with van der Waals surface area (Å²) in [6.45, 7) is 5.26. The van der Waals surface area contributed by atoms with Crippen LogP contribution in [0.2, 0.25) is 0 Å². The van der Waals surface area contributed by atoms with Crippen molar-refractivity contribution in [3.63, 3.8) is 0 Å². The minimum Gasteiger partial charge on any atom is -0.481 e. The highest BCUT2D eigenvalue weighted by atomic mass is 16.4. The maximum atomic E-state index is 12.6. The van der Waals surface area contributed by atoms with Crippen molar-refractivity contribution in [3.05, 3.63) is 0 Å². The molecule has 0 spiro atoms. The van der Waals surface area contributed by atoms with Gasteiger partial charge in [0, 0.05) is 12.6 Å². The van der Waals surface area contributed by atoms with E-state index in [9.17, 15) is 19.2 Å². The fourth-order valence-corrected chi connectivity index (χ4v) is 3.43. The summed E-state index contributed by atoms with van der Waals surface area (Å²) in [7, 11) is 0. The first-order valence-electron chi connectivity index (χ1n) is 8.42. The number of aliphatic carboxylic acids is 1. The molecule has 2 aliphatic heterocycles. The monoisotopic (exact) mass is 339 g/mol. The number of imide groups is 1. The lowest BCUT2D eigenvalue weighted by molar-refractivity contribution is -0.148. The Morgan fingerprint density at radius 1 is 1.25 bits per heavy atom. The number of hydrogen-bond donors (Lipinski definition) is 2. The van der Waals surface area contributed by atoms with Gasteiger partial charge in [-0.25, -0.2) is 4.79 Å². The maximum absolute atomic E-state index is 12.6. The third kappa shape index (κ3) is 3.09. The van der Waals surface area contributed by atoms with E-state index >= 15 is 0 Å². The summed E-state index contributed by atoms with van der Waals surface area (Å²) >= 11 is 0. The Hall–Kier alpha value is -2.12. The Bertz CT molecular complexity index is 558. The highest BCUT2D eigenvalue weighted by Crippen LogP contribution is 2.26. The highest BCUT2D eigenvalue weighted by molar-refractivity contribution is 6.09. The number of carboxylic acids is 1. The highest BCUT2D eigenvalue weighted by Gasteiger charge is 2.49. The van der Waals surface area contributed by atoms with Crippen LogP contribution in [0.15, 0.2) is 0 Å². The van der Waals surface area contributed by atoms with E-state index in [0.29, 0.717) is 25.7 Å². The van der Waals surface area contributed by atoms with Crippen molar-refractivity contribution < 1.29 is 24.3 Å². The van der Waals surface area contributed by atoms with E-state index < -0.39 is 23.5 Å². The first-order valence-corrected chi connectivity index (χ1v) is 8.42. The average molecular weight is 339 g/mol. The Labute approximate surface area is 141 Å². The SMILES string of the molecule is CCC1(CC)NC(=O)N(CC(=O)N2CC(C(=O)O)CCC2C)C1=O. The van der Waals surface area contributed by atoms with Gasteiger partial charge >= 0.3 is 12.0 Å².